The number of azo groups is 1. The molecule has 11 heteroatoms. The summed E-state index contributed by atoms with van der Waals surface area (Å²) in [5.41, 5.74) is 3.63. The molecule has 0 fully saturated rings. The van der Waals surface area contributed by atoms with Crippen molar-refractivity contribution < 1.29 is 22.9 Å². The van der Waals surface area contributed by atoms with E-state index >= 15 is 0 Å². The Morgan fingerprint density at radius 1 is 1.11 bits per heavy atom. The molecule has 2 N–H and O–H groups in total. The molecular weight excluding hydrogens is 386 g/mol. The molecule has 0 atom stereocenters. The Kier molecular flexibility index (Phi) is 4.73. The van der Waals surface area contributed by atoms with Crippen molar-refractivity contribution in [3.8, 4) is 0 Å². The molecule has 0 aliphatic carbocycles. The highest BCUT2D eigenvalue weighted by Crippen LogP contribution is 2.30. The maximum atomic E-state index is 11.5. The molecule has 0 aliphatic rings. The van der Waals surface area contributed by atoms with Crippen molar-refractivity contribution >= 4 is 33.1 Å². The summed E-state index contributed by atoms with van der Waals surface area (Å²) < 4.78 is 33.2. The minimum Gasteiger partial charge on any atom is -0.478 e. The summed E-state index contributed by atoms with van der Waals surface area (Å²) in [5, 5.41) is 21.8. The molecular formula is C17H17N5O5S. The molecule has 0 unspecified atom stereocenters. The van der Waals surface area contributed by atoms with Gasteiger partial charge in [-0.05, 0) is 51.5 Å². The van der Waals surface area contributed by atoms with Gasteiger partial charge in [-0.3, -0.25) is 4.55 Å². The van der Waals surface area contributed by atoms with Crippen molar-refractivity contribution in [2.45, 2.75) is 32.6 Å². The lowest BCUT2D eigenvalue weighted by Gasteiger charge is -2.06. The molecule has 0 saturated heterocycles. The van der Waals surface area contributed by atoms with Crippen molar-refractivity contribution in [1.29, 1.82) is 0 Å². The summed E-state index contributed by atoms with van der Waals surface area (Å²) in [7, 11) is -4.54. The van der Waals surface area contributed by atoms with Crippen molar-refractivity contribution in [3.63, 3.8) is 0 Å². The van der Waals surface area contributed by atoms with E-state index in [0.717, 1.165) is 35.2 Å². The fourth-order valence-corrected chi connectivity index (χ4v) is 3.17. The van der Waals surface area contributed by atoms with Crippen LogP contribution in [0.3, 0.4) is 0 Å². The molecule has 3 rings (SSSR count). The van der Waals surface area contributed by atoms with Gasteiger partial charge in [0.05, 0.1) is 16.2 Å². The number of fused-ring (bicyclic) bond motifs is 1. The van der Waals surface area contributed by atoms with Crippen molar-refractivity contribution in [2.75, 3.05) is 0 Å². The molecule has 0 bridgehead atoms. The average Bonchev–Trinajstić information content (AvgIpc) is 2.92. The van der Waals surface area contributed by atoms with Crippen molar-refractivity contribution in [2.24, 2.45) is 10.2 Å². The lowest BCUT2D eigenvalue weighted by Crippen LogP contribution is -2.02. The second kappa shape index (κ2) is 6.77. The number of aromatic nitrogens is 3. The maximum Gasteiger partial charge on any atom is 0.338 e. The van der Waals surface area contributed by atoms with E-state index in [4.69, 9.17) is 4.55 Å². The second-order valence-electron chi connectivity index (χ2n) is 6.24. The van der Waals surface area contributed by atoms with E-state index in [-0.39, 0.29) is 5.69 Å². The molecule has 1 aromatic carbocycles. The fraction of sp³-hybridized carbons (Fsp3) is 0.235. The van der Waals surface area contributed by atoms with Gasteiger partial charge in [-0.15, -0.1) is 10.2 Å². The molecule has 0 aliphatic heterocycles. The quantitative estimate of drug-likeness (QED) is 0.501. The highest BCUT2D eigenvalue weighted by molar-refractivity contribution is 7.85. The number of carboxylic acid groups (broad SMARTS) is 1. The van der Waals surface area contributed by atoms with Crippen LogP contribution in [-0.2, 0) is 10.1 Å². The zero-order chi connectivity index (χ0) is 20.8. The van der Waals surface area contributed by atoms with E-state index < -0.39 is 26.5 Å². The summed E-state index contributed by atoms with van der Waals surface area (Å²) in [6.45, 7) is 7.43. The van der Waals surface area contributed by atoms with Crippen LogP contribution in [0.4, 0.5) is 11.4 Å². The van der Waals surface area contributed by atoms with Gasteiger partial charge >= 0.3 is 5.97 Å². The van der Waals surface area contributed by atoms with Gasteiger partial charge in [0.15, 0.2) is 11.3 Å². The number of aryl methyl sites for hydroxylation is 3. The summed E-state index contributed by atoms with van der Waals surface area (Å²) in [6.07, 6.45) is 0. The molecule has 3 aromatic rings. The largest absolute Gasteiger partial charge is 0.478 e. The normalized spacial score (nSPS) is 12.2. The molecule has 0 spiro atoms. The first-order valence-corrected chi connectivity index (χ1v) is 9.54. The smallest absolute Gasteiger partial charge is 0.338 e. The summed E-state index contributed by atoms with van der Waals surface area (Å²) in [4.78, 5) is 15.4. The standard InChI is InChI=1S/C17H17N5O5S/c1-8-9(2)18-16-15(10(3)21-22(16)11(8)4)20-19-14-6-5-12(28(25,26)27)7-13(14)17(23)24/h5-7H,1-4H3,(H,23,24)(H,25,26,27). The first-order chi connectivity index (χ1) is 13.0. The second-order valence-corrected chi connectivity index (χ2v) is 7.66. The number of rotatable bonds is 4. The summed E-state index contributed by atoms with van der Waals surface area (Å²) >= 11 is 0. The van der Waals surface area contributed by atoms with Crippen LogP contribution in [0.5, 0.6) is 0 Å². The van der Waals surface area contributed by atoms with E-state index in [1.807, 2.05) is 20.8 Å². The predicted octanol–water partition coefficient (Wildman–Crippen LogP) is 3.32. The van der Waals surface area contributed by atoms with E-state index in [2.05, 4.69) is 20.3 Å². The average molecular weight is 403 g/mol. The van der Waals surface area contributed by atoms with E-state index in [0.29, 0.717) is 17.0 Å². The van der Waals surface area contributed by atoms with Gasteiger partial charge in [0.1, 0.15) is 5.69 Å². The molecule has 28 heavy (non-hydrogen) atoms. The van der Waals surface area contributed by atoms with Crippen LogP contribution in [-0.4, -0.2) is 38.6 Å². The minimum absolute atomic E-state index is 0.0702. The van der Waals surface area contributed by atoms with Gasteiger partial charge in [-0.25, -0.2) is 14.3 Å². The lowest BCUT2D eigenvalue weighted by molar-refractivity contribution is 0.0697. The number of carboxylic acids is 1. The van der Waals surface area contributed by atoms with Gasteiger partial charge < -0.3 is 5.11 Å². The van der Waals surface area contributed by atoms with E-state index in [9.17, 15) is 18.3 Å². The van der Waals surface area contributed by atoms with Crippen LogP contribution in [0.2, 0.25) is 0 Å². The van der Waals surface area contributed by atoms with Crippen LogP contribution in [0, 0.1) is 27.7 Å². The maximum absolute atomic E-state index is 11.5. The third-order valence-corrected chi connectivity index (χ3v) is 5.29. The van der Waals surface area contributed by atoms with Crippen LogP contribution >= 0.6 is 0 Å². The first-order valence-electron chi connectivity index (χ1n) is 8.10. The Morgan fingerprint density at radius 3 is 2.39 bits per heavy atom. The third kappa shape index (κ3) is 3.37. The predicted molar refractivity (Wildman–Crippen MR) is 99.3 cm³/mol. The Hall–Kier alpha value is -3.18. The van der Waals surface area contributed by atoms with Gasteiger partial charge in [0.25, 0.3) is 10.1 Å². The van der Waals surface area contributed by atoms with E-state index in [1.165, 1.54) is 0 Å². The molecule has 2 heterocycles. The minimum atomic E-state index is -4.54. The van der Waals surface area contributed by atoms with Crippen LogP contribution in [0.1, 0.15) is 33.0 Å². The van der Waals surface area contributed by atoms with Crippen LogP contribution < -0.4 is 0 Å². The summed E-state index contributed by atoms with van der Waals surface area (Å²) in [6, 6.07) is 3.03. The topological polar surface area (TPSA) is 147 Å². The SMILES string of the molecule is Cc1nc2c(N=Nc3ccc(S(=O)(=O)O)cc3C(=O)O)c(C)nn2c(C)c1C. The van der Waals surface area contributed by atoms with Crippen LogP contribution in [0.15, 0.2) is 33.3 Å². The van der Waals surface area contributed by atoms with Gasteiger partial charge in [0.2, 0.25) is 0 Å². The number of hydrogen-bond acceptors (Lipinski definition) is 7. The highest BCUT2D eigenvalue weighted by Gasteiger charge is 2.18. The molecule has 146 valence electrons. The highest BCUT2D eigenvalue weighted by atomic mass is 32.2. The van der Waals surface area contributed by atoms with Crippen LogP contribution in [0.25, 0.3) is 5.65 Å². The zero-order valence-electron chi connectivity index (χ0n) is 15.5. The van der Waals surface area contributed by atoms with E-state index in [1.54, 1.807) is 11.4 Å². The number of aromatic carboxylic acids is 1. The van der Waals surface area contributed by atoms with Crippen molar-refractivity contribution in [3.05, 3.63) is 46.4 Å². The zero-order valence-corrected chi connectivity index (χ0v) is 16.3. The molecule has 0 radical (unpaired) electrons. The van der Waals surface area contributed by atoms with Crippen molar-refractivity contribution in [1.82, 2.24) is 14.6 Å². The fourth-order valence-electron chi connectivity index (χ4n) is 2.66. The Labute approximate surface area is 160 Å². The van der Waals surface area contributed by atoms with Gasteiger partial charge in [-0.1, -0.05) is 0 Å². The van der Waals surface area contributed by atoms with Gasteiger partial charge in [-0.2, -0.15) is 13.5 Å². The molecule has 2 aromatic heterocycles. The number of nitrogens with zero attached hydrogens (tertiary/aromatic N) is 5. The number of hydrogen-bond donors (Lipinski definition) is 2. The molecule has 0 amide bonds. The molecule has 0 saturated carbocycles. The first kappa shape index (κ1) is 19.6. The number of benzene rings is 1. The monoisotopic (exact) mass is 403 g/mol. The Morgan fingerprint density at radius 2 is 1.79 bits per heavy atom. The third-order valence-electron chi connectivity index (χ3n) is 4.44. The number of carbonyl (C=O) groups is 1. The Balaban J connectivity index is 2.15. The Bertz CT molecular complexity index is 1260. The summed E-state index contributed by atoms with van der Waals surface area (Å²) in [5.74, 6) is -1.41. The molecule has 10 nitrogen and oxygen atoms in total. The lowest BCUT2D eigenvalue weighted by atomic mass is 10.2. The van der Waals surface area contributed by atoms with Gasteiger partial charge in [0, 0.05) is 11.4 Å².